The lowest BCUT2D eigenvalue weighted by Gasteiger charge is -2.01. The van der Waals surface area contributed by atoms with Crippen LogP contribution in [0.2, 0.25) is 0 Å². The molecule has 0 unspecified atom stereocenters. The highest BCUT2D eigenvalue weighted by atomic mass is 32.2. The zero-order chi connectivity index (χ0) is 12.1. The highest BCUT2D eigenvalue weighted by molar-refractivity contribution is 7.98. The summed E-state index contributed by atoms with van der Waals surface area (Å²) in [5, 5.41) is 16.6. The lowest BCUT2D eigenvalue weighted by atomic mass is 10.1. The third-order valence-corrected chi connectivity index (χ3v) is 2.92. The van der Waals surface area contributed by atoms with Gasteiger partial charge in [-0.2, -0.15) is 0 Å². The molecule has 17 heavy (non-hydrogen) atoms. The van der Waals surface area contributed by atoms with Crippen molar-refractivity contribution in [1.82, 2.24) is 20.4 Å². The van der Waals surface area contributed by atoms with Crippen LogP contribution in [0.3, 0.4) is 0 Å². The van der Waals surface area contributed by atoms with Gasteiger partial charge in [0.2, 0.25) is 11.0 Å². The summed E-state index contributed by atoms with van der Waals surface area (Å²) in [5.74, 6) is 0.575. The molecule has 4 nitrogen and oxygen atoms in total. The molecule has 2 aromatic rings. The summed E-state index contributed by atoms with van der Waals surface area (Å²) in [4.78, 5) is 0. The fourth-order valence-electron chi connectivity index (χ4n) is 1.53. The number of aryl methyl sites for hydroxylation is 1. The summed E-state index contributed by atoms with van der Waals surface area (Å²) in [6.07, 6.45) is 4.16. The van der Waals surface area contributed by atoms with Crippen molar-refractivity contribution in [3.63, 3.8) is 0 Å². The predicted molar refractivity (Wildman–Crippen MR) is 68.8 cm³/mol. The van der Waals surface area contributed by atoms with Crippen molar-refractivity contribution in [3.05, 3.63) is 29.8 Å². The van der Waals surface area contributed by atoms with Crippen LogP contribution in [-0.2, 0) is 6.42 Å². The lowest BCUT2D eigenvalue weighted by molar-refractivity contribution is 0.755. The number of hydrogen-bond donors (Lipinski definition) is 0. The largest absolute Gasteiger partial charge is 0.229 e. The first-order chi connectivity index (χ1) is 8.33. The molecule has 0 saturated heterocycles. The Morgan fingerprint density at radius 1 is 1.00 bits per heavy atom. The predicted octanol–water partition coefficient (Wildman–Crippen LogP) is 2.61. The van der Waals surface area contributed by atoms with Gasteiger partial charge in [-0.05, 0) is 18.2 Å². The fourth-order valence-corrected chi connectivity index (χ4v) is 1.77. The molecule has 0 bridgehead atoms. The van der Waals surface area contributed by atoms with Gasteiger partial charge in [0.1, 0.15) is 0 Å². The number of benzene rings is 1. The molecule has 0 aliphatic carbocycles. The summed E-state index contributed by atoms with van der Waals surface area (Å²) in [7, 11) is 0. The van der Waals surface area contributed by atoms with Gasteiger partial charge >= 0.3 is 0 Å². The number of thioether (sulfide) groups is 1. The first kappa shape index (κ1) is 12.0. The molecule has 1 heterocycles. The van der Waals surface area contributed by atoms with Crippen molar-refractivity contribution in [2.45, 2.75) is 24.9 Å². The third kappa shape index (κ3) is 3.00. The van der Waals surface area contributed by atoms with Gasteiger partial charge in [-0.3, -0.25) is 0 Å². The third-order valence-electron chi connectivity index (χ3n) is 2.39. The minimum Gasteiger partial charge on any atom is -0.125 e. The quantitative estimate of drug-likeness (QED) is 0.776. The van der Waals surface area contributed by atoms with Gasteiger partial charge in [0.05, 0.1) is 0 Å². The maximum absolute atomic E-state index is 4.05. The van der Waals surface area contributed by atoms with E-state index >= 15 is 0 Å². The summed E-state index contributed by atoms with van der Waals surface area (Å²) < 4.78 is 0. The Labute approximate surface area is 105 Å². The van der Waals surface area contributed by atoms with E-state index in [-0.39, 0.29) is 0 Å². The average molecular weight is 246 g/mol. The maximum Gasteiger partial charge on any atom is 0.229 e. The number of hydrogen-bond acceptors (Lipinski definition) is 5. The molecule has 0 aliphatic heterocycles. The molecule has 0 saturated carbocycles. The molecule has 0 atom stereocenters. The molecule has 88 valence electrons. The van der Waals surface area contributed by atoms with E-state index in [2.05, 4.69) is 39.5 Å². The SMILES string of the molecule is CCCc1ccc(-c2nnc(SC)nn2)cc1. The van der Waals surface area contributed by atoms with Crippen molar-refractivity contribution in [2.24, 2.45) is 0 Å². The molecule has 0 fully saturated rings. The van der Waals surface area contributed by atoms with Crippen LogP contribution in [0.4, 0.5) is 0 Å². The molecule has 0 N–H and O–H groups in total. The van der Waals surface area contributed by atoms with Crippen molar-refractivity contribution < 1.29 is 0 Å². The highest BCUT2D eigenvalue weighted by Gasteiger charge is 2.03. The average Bonchev–Trinajstić information content (AvgIpc) is 2.40. The minimum absolute atomic E-state index is 0.575. The van der Waals surface area contributed by atoms with Crippen molar-refractivity contribution >= 4 is 11.8 Å². The molecule has 2 rings (SSSR count). The van der Waals surface area contributed by atoms with Crippen molar-refractivity contribution in [2.75, 3.05) is 6.26 Å². The number of rotatable bonds is 4. The molecular formula is C12H14N4S. The highest BCUT2D eigenvalue weighted by Crippen LogP contribution is 2.15. The Hall–Kier alpha value is -1.49. The van der Waals surface area contributed by atoms with E-state index in [1.165, 1.54) is 17.3 Å². The molecule has 0 amide bonds. The number of nitrogens with zero attached hydrogens (tertiary/aromatic N) is 4. The number of aromatic nitrogens is 4. The van der Waals surface area contributed by atoms with Crippen LogP contribution in [-0.4, -0.2) is 26.7 Å². The van der Waals surface area contributed by atoms with Gasteiger partial charge in [-0.25, -0.2) is 0 Å². The Balaban J connectivity index is 2.20. The molecule has 0 radical (unpaired) electrons. The first-order valence-electron chi connectivity index (χ1n) is 5.54. The minimum atomic E-state index is 0.575. The summed E-state index contributed by atoms with van der Waals surface area (Å²) in [6.45, 7) is 2.17. The monoisotopic (exact) mass is 246 g/mol. The molecule has 5 heteroatoms. The Kier molecular flexibility index (Phi) is 4.03. The zero-order valence-electron chi connectivity index (χ0n) is 9.92. The van der Waals surface area contributed by atoms with Crippen LogP contribution in [0.1, 0.15) is 18.9 Å². The molecule has 1 aromatic heterocycles. The second-order valence-corrected chi connectivity index (χ2v) is 4.43. The van der Waals surface area contributed by atoms with Crippen LogP contribution in [0.25, 0.3) is 11.4 Å². The zero-order valence-corrected chi connectivity index (χ0v) is 10.7. The van der Waals surface area contributed by atoms with Crippen molar-refractivity contribution in [1.29, 1.82) is 0 Å². The fraction of sp³-hybridized carbons (Fsp3) is 0.333. The van der Waals surface area contributed by atoms with Crippen LogP contribution in [0.15, 0.2) is 29.4 Å². The standard InChI is InChI=1S/C12H14N4S/c1-3-4-9-5-7-10(8-6-9)11-13-15-12(17-2)16-14-11/h5-8H,3-4H2,1-2H3. The maximum atomic E-state index is 4.05. The smallest absolute Gasteiger partial charge is 0.125 e. The van der Waals surface area contributed by atoms with E-state index in [1.807, 2.05) is 18.4 Å². The molecule has 0 aliphatic rings. The van der Waals surface area contributed by atoms with Crippen LogP contribution >= 0.6 is 11.8 Å². The molecule has 1 aromatic carbocycles. The van der Waals surface area contributed by atoms with E-state index < -0.39 is 0 Å². The molecule has 0 spiro atoms. The van der Waals surface area contributed by atoms with Crippen molar-refractivity contribution in [3.8, 4) is 11.4 Å². The van der Waals surface area contributed by atoms with E-state index in [0.717, 1.165) is 18.4 Å². The van der Waals surface area contributed by atoms with Gasteiger partial charge in [0.15, 0.2) is 0 Å². The normalized spacial score (nSPS) is 10.5. The summed E-state index contributed by atoms with van der Waals surface area (Å²) in [6, 6.07) is 8.24. The van der Waals surface area contributed by atoms with Gasteiger partial charge < -0.3 is 0 Å². The Morgan fingerprint density at radius 3 is 2.18 bits per heavy atom. The van der Waals surface area contributed by atoms with Crippen LogP contribution in [0.5, 0.6) is 0 Å². The van der Waals surface area contributed by atoms with Crippen LogP contribution in [0, 0.1) is 0 Å². The van der Waals surface area contributed by atoms with Gasteiger partial charge in [-0.1, -0.05) is 49.4 Å². The Bertz CT molecular complexity index is 467. The van der Waals surface area contributed by atoms with Gasteiger partial charge in [-0.15, -0.1) is 20.4 Å². The van der Waals surface area contributed by atoms with E-state index in [0.29, 0.717) is 11.0 Å². The topological polar surface area (TPSA) is 51.6 Å². The lowest BCUT2D eigenvalue weighted by Crippen LogP contribution is -1.97. The second-order valence-electron chi connectivity index (χ2n) is 3.66. The van der Waals surface area contributed by atoms with Gasteiger partial charge in [0.25, 0.3) is 0 Å². The van der Waals surface area contributed by atoms with Crippen LogP contribution < -0.4 is 0 Å². The Morgan fingerprint density at radius 2 is 1.65 bits per heavy atom. The molecular weight excluding hydrogens is 232 g/mol. The second kappa shape index (κ2) is 5.72. The van der Waals surface area contributed by atoms with E-state index in [9.17, 15) is 0 Å². The first-order valence-corrected chi connectivity index (χ1v) is 6.76. The van der Waals surface area contributed by atoms with Gasteiger partial charge in [0, 0.05) is 5.56 Å². The summed E-state index contributed by atoms with van der Waals surface area (Å²) >= 11 is 1.43. The van der Waals surface area contributed by atoms with E-state index in [1.54, 1.807) is 0 Å². The van der Waals surface area contributed by atoms with E-state index in [4.69, 9.17) is 0 Å². The summed E-state index contributed by atoms with van der Waals surface area (Å²) in [5.41, 5.74) is 2.29.